The second kappa shape index (κ2) is 4.88. The van der Waals surface area contributed by atoms with Gasteiger partial charge in [0.1, 0.15) is 0 Å². The Morgan fingerprint density at radius 1 is 1.41 bits per heavy atom. The van der Waals surface area contributed by atoms with E-state index < -0.39 is 12.1 Å². The van der Waals surface area contributed by atoms with Crippen LogP contribution >= 0.6 is 0 Å². The van der Waals surface area contributed by atoms with Crippen molar-refractivity contribution in [1.82, 2.24) is 0 Å². The van der Waals surface area contributed by atoms with E-state index in [1.165, 1.54) is 0 Å². The van der Waals surface area contributed by atoms with Gasteiger partial charge in [-0.1, -0.05) is 24.3 Å². The summed E-state index contributed by atoms with van der Waals surface area (Å²) in [6.07, 6.45) is 1.93. The molecule has 17 heavy (non-hydrogen) atoms. The van der Waals surface area contributed by atoms with Crippen molar-refractivity contribution in [2.75, 3.05) is 0 Å². The molecule has 2 unspecified atom stereocenters. The molecule has 1 aliphatic rings. The third kappa shape index (κ3) is 3.07. The molecular weight excluding hydrogens is 216 g/mol. The van der Waals surface area contributed by atoms with E-state index in [2.05, 4.69) is 0 Å². The second-order valence-electron chi connectivity index (χ2n) is 4.89. The fourth-order valence-electron chi connectivity index (χ4n) is 2.29. The lowest BCUT2D eigenvalue weighted by molar-refractivity contribution is -0.137. The van der Waals surface area contributed by atoms with Gasteiger partial charge in [0.05, 0.1) is 12.5 Å². The molecular formula is C14H18O3. The number of hydrogen-bond acceptors (Lipinski definition) is 2. The molecule has 0 amide bonds. The van der Waals surface area contributed by atoms with Crippen LogP contribution in [-0.2, 0) is 4.79 Å². The highest BCUT2D eigenvalue weighted by atomic mass is 16.4. The summed E-state index contributed by atoms with van der Waals surface area (Å²) in [6.45, 7) is 1.72. The third-order valence-electron chi connectivity index (χ3n) is 3.41. The molecule has 1 aliphatic carbocycles. The molecule has 1 saturated carbocycles. The fraction of sp³-hybridized carbons (Fsp3) is 0.500. The molecule has 3 nitrogen and oxygen atoms in total. The zero-order chi connectivity index (χ0) is 12.4. The molecule has 1 aromatic rings. The molecule has 1 aromatic carbocycles. The summed E-state index contributed by atoms with van der Waals surface area (Å²) in [4.78, 5) is 10.9. The van der Waals surface area contributed by atoms with Crippen LogP contribution in [0, 0.1) is 5.92 Å². The Morgan fingerprint density at radius 2 is 2.06 bits per heavy atom. The van der Waals surface area contributed by atoms with Crippen LogP contribution in [0.2, 0.25) is 0 Å². The number of aliphatic hydroxyl groups is 1. The number of carboxylic acids is 1. The van der Waals surface area contributed by atoms with Gasteiger partial charge in [0.2, 0.25) is 0 Å². The second-order valence-corrected chi connectivity index (χ2v) is 4.89. The molecule has 2 rings (SSSR count). The number of benzene rings is 1. The maximum Gasteiger partial charge on any atom is 0.303 e. The Labute approximate surface area is 101 Å². The van der Waals surface area contributed by atoms with Crippen LogP contribution in [0.1, 0.15) is 49.3 Å². The van der Waals surface area contributed by atoms with Crippen LogP contribution in [0.15, 0.2) is 24.3 Å². The lowest BCUT2D eigenvalue weighted by Gasteiger charge is -2.16. The minimum atomic E-state index is -0.746. The van der Waals surface area contributed by atoms with Gasteiger partial charge in [0, 0.05) is 0 Å². The highest BCUT2D eigenvalue weighted by Gasteiger charge is 2.33. The molecule has 0 aliphatic heterocycles. The minimum absolute atomic E-state index is 0.103. The largest absolute Gasteiger partial charge is 0.481 e. The van der Waals surface area contributed by atoms with Crippen molar-refractivity contribution in [3.05, 3.63) is 35.4 Å². The van der Waals surface area contributed by atoms with Crippen LogP contribution in [0.25, 0.3) is 0 Å². The van der Waals surface area contributed by atoms with E-state index in [9.17, 15) is 9.90 Å². The zero-order valence-electron chi connectivity index (χ0n) is 9.97. The molecule has 0 saturated heterocycles. The Morgan fingerprint density at radius 3 is 2.59 bits per heavy atom. The molecule has 2 atom stereocenters. The first kappa shape index (κ1) is 12.1. The van der Waals surface area contributed by atoms with Gasteiger partial charge in [-0.25, -0.2) is 0 Å². The Kier molecular flexibility index (Phi) is 3.48. The quantitative estimate of drug-likeness (QED) is 0.823. The van der Waals surface area contributed by atoms with Crippen molar-refractivity contribution in [1.29, 1.82) is 0 Å². The monoisotopic (exact) mass is 234 g/mol. The summed E-state index contributed by atoms with van der Waals surface area (Å²) in [7, 11) is 0. The summed E-state index contributed by atoms with van der Waals surface area (Å²) in [5, 5.41) is 18.5. The fourth-order valence-corrected chi connectivity index (χ4v) is 2.29. The van der Waals surface area contributed by atoms with Crippen molar-refractivity contribution >= 4 is 5.97 Å². The predicted octanol–water partition coefficient (Wildman–Crippen LogP) is 2.71. The number of aliphatic hydroxyl groups excluding tert-OH is 1. The van der Waals surface area contributed by atoms with Crippen LogP contribution in [0.5, 0.6) is 0 Å². The standard InChI is InChI=1S/C14H18O3/c1-9(15)11-3-2-4-12(7-11)13(8-14(16)17)10-5-6-10/h2-4,7,9-10,13,15H,5-6,8H2,1H3,(H,16,17). The lowest BCUT2D eigenvalue weighted by Crippen LogP contribution is -2.09. The van der Waals surface area contributed by atoms with E-state index in [1.807, 2.05) is 24.3 Å². The summed E-state index contributed by atoms with van der Waals surface area (Å²) in [5.74, 6) is -0.133. The summed E-state index contributed by atoms with van der Waals surface area (Å²) in [6, 6.07) is 7.68. The van der Waals surface area contributed by atoms with Crippen molar-refractivity contribution in [3.63, 3.8) is 0 Å². The maximum absolute atomic E-state index is 10.9. The number of carbonyl (C=O) groups is 1. The average molecular weight is 234 g/mol. The Hall–Kier alpha value is -1.35. The first-order valence-corrected chi connectivity index (χ1v) is 6.07. The Balaban J connectivity index is 2.22. The van der Waals surface area contributed by atoms with E-state index in [-0.39, 0.29) is 12.3 Å². The van der Waals surface area contributed by atoms with E-state index in [0.29, 0.717) is 5.92 Å². The average Bonchev–Trinajstić information content (AvgIpc) is 3.09. The summed E-state index contributed by atoms with van der Waals surface area (Å²) < 4.78 is 0. The number of aliphatic carboxylic acids is 1. The van der Waals surface area contributed by atoms with Crippen LogP contribution in [0.4, 0.5) is 0 Å². The van der Waals surface area contributed by atoms with E-state index in [4.69, 9.17) is 5.11 Å². The van der Waals surface area contributed by atoms with Gasteiger partial charge in [0.15, 0.2) is 0 Å². The zero-order valence-corrected chi connectivity index (χ0v) is 9.97. The van der Waals surface area contributed by atoms with Crippen LogP contribution in [0.3, 0.4) is 0 Å². The molecule has 92 valence electrons. The number of hydrogen-bond donors (Lipinski definition) is 2. The molecule has 0 radical (unpaired) electrons. The molecule has 1 fully saturated rings. The summed E-state index contributed by atoms with van der Waals surface area (Å²) >= 11 is 0. The minimum Gasteiger partial charge on any atom is -0.481 e. The first-order valence-electron chi connectivity index (χ1n) is 6.07. The van der Waals surface area contributed by atoms with Gasteiger partial charge in [-0.3, -0.25) is 4.79 Å². The van der Waals surface area contributed by atoms with Crippen molar-refractivity contribution < 1.29 is 15.0 Å². The van der Waals surface area contributed by atoms with Crippen LogP contribution in [-0.4, -0.2) is 16.2 Å². The van der Waals surface area contributed by atoms with Gasteiger partial charge in [-0.15, -0.1) is 0 Å². The van der Waals surface area contributed by atoms with Gasteiger partial charge >= 0.3 is 5.97 Å². The maximum atomic E-state index is 10.9. The first-order chi connectivity index (χ1) is 8.08. The molecule has 0 spiro atoms. The molecule has 3 heteroatoms. The van der Waals surface area contributed by atoms with Crippen molar-refractivity contribution in [2.24, 2.45) is 5.92 Å². The predicted molar refractivity (Wildman–Crippen MR) is 64.8 cm³/mol. The third-order valence-corrected chi connectivity index (χ3v) is 3.41. The molecule has 2 N–H and O–H groups in total. The van der Waals surface area contributed by atoms with Gasteiger partial charge in [0.25, 0.3) is 0 Å². The van der Waals surface area contributed by atoms with Crippen LogP contribution < -0.4 is 0 Å². The summed E-state index contributed by atoms with van der Waals surface area (Å²) in [5.41, 5.74) is 1.91. The topological polar surface area (TPSA) is 57.5 Å². The van der Waals surface area contributed by atoms with E-state index in [1.54, 1.807) is 6.92 Å². The van der Waals surface area contributed by atoms with Gasteiger partial charge in [-0.05, 0) is 42.7 Å². The lowest BCUT2D eigenvalue weighted by atomic mass is 9.89. The molecule has 0 bridgehead atoms. The molecule has 0 aromatic heterocycles. The van der Waals surface area contributed by atoms with Gasteiger partial charge in [-0.2, -0.15) is 0 Å². The molecule has 0 heterocycles. The SMILES string of the molecule is CC(O)c1cccc(C(CC(=O)O)C2CC2)c1. The van der Waals surface area contributed by atoms with E-state index in [0.717, 1.165) is 24.0 Å². The van der Waals surface area contributed by atoms with Gasteiger partial charge < -0.3 is 10.2 Å². The highest BCUT2D eigenvalue weighted by Crippen LogP contribution is 2.44. The Bertz CT molecular complexity index is 408. The highest BCUT2D eigenvalue weighted by molar-refractivity contribution is 5.68. The van der Waals surface area contributed by atoms with E-state index >= 15 is 0 Å². The van der Waals surface area contributed by atoms with Crippen molar-refractivity contribution in [3.8, 4) is 0 Å². The normalized spacial score (nSPS) is 18.7. The number of carboxylic acid groups (broad SMARTS) is 1. The number of rotatable bonds is 5. The smallest absolute Gasteiger partial charge is 0.303 e. The van der Waals surface area contributed by atoms with Crippen molar-refractivity contribution in [2.45, 2.75) is 38.2 Å².